The topological polar surface area (TPSA) is 48.9 Å². The number of nitrogens with zero attached hydrogens (tertiary/aromatic N) is 4. The van der Waals surface area contributed by atoms with E-state index in [2.05, 4.69) is 39.9 Å². The van der Waals surface area contributed by atoms with Crippen LogP contribution in [0.5, 0.6) is 0 Å². The molecule has 3 heterocycles. The minimum absolute atomic E-state index is 0.136. The average Bonchev–Trinajstić information content (AvgIpc) is 2.77. The fraction of sp³-hybridized carbons (Fsp3) is 0.478. The molecule has 0 spiro atoms. The van der Waals surface area contributed by atoms with E-state index in [0.717, 1.165) is 76.8 Å². The molecule has 0 N–H and O–H groups in total. The van der Waals surface area contributed by atoms with Gasteiger partial charge in [-0.05, 0) is 36.2 Å². The van der Waals surface area contributed by atoms with Crippen LogP contribution in [0.3, 0.4) is 0 Å². The third-order valence-electron chi connectivity index (χ3n) is 5.86. The molecule has 2 aliphatic heterocycles. The van der Waals surface area contributed by atoms with Gasteiger partial charge in [-0.25, -0.2) is 0 Å². The first kappa shape index (κ1) is 20.0. The van der Waals surface area contributed by atoms with E-state index in [4.69, 9.17) is 4.74 Å². The summed E-state index contributed by atoms with van der Waals surface area (Å²) in [5.41, 5.74) is 4.38. The molecule has 1 amide bonds. The zero-order valence-electron chi connectivity index (χ0n) is 17.2. The maximum absolute atomic E-state index is 12.9. The molecule has 6 nitrogen and oxygen atoms in total. The van der Waals surface area contributed by atoms with Crippen LogP contribution >= 0.6 is 0 Å². The van der Waals surface area contributed by atoms with Crippen LogP contribution in [0.2, 0.25) is 0 Å². The Kier molecular flexibility index (Phi) is 6.54. The Labute approximate surface area is 173 Å². The molecule has 6 heteroatoms. The summed E-state index contributed by atoms with van der Waals surface area (Å²) in [4.78, 5) is 24.1. The van der Waals surface area contributed by atoms with Crippen LogP contribution in [0.25, 0.3) is 0 Å². The van der Waals surface area contributed by atoms with Gasteiger partial charge in [0.05, 0.1) is 18.9 Å². The van der Waals surface area contributed by atoms with Crippen LogP contribution in [0.15, 0.2) is 42.6 Å². The third kappa shape index (κ3) is 5.21. The summed E-state index contributed by atoms with van der Waals surface area (Å²) in [6, 6.07) is 12.2. The second-order valence-electron chi connectivity index (χ2n) is 7.92. The number of rotatable bonds is 5. The molecule has 2 fully saturated rings. The lowest BCUT2D eigenvalue weighted by atomic mass is 10.1. The summed E-state index contributed by atoms with van der Waals surface area (Å²) in [5, 5.41) is 0. The van der Waals surface area contributed by atoms with Gasteiger partial charge in [0.15, 0.2) is 0 Å². The Morgan fingerprint density at radius 3 is 2.31 bits per heavy atom. The van der Waals surface area contributed by atoms with Crippen molar-refractivity contribution in [3.63, 3.8) is 0 Å². The molecule has 2 aromatic rings. The van der Waals surface area contributed by atoms with Crippen molar-refractivity contribution in [2.75, 3.05) is 52.5 Å². The molecule has 29 heavy (non-hydrogen) atoms. The first-order valence-corrected chi connectivity index (χ1v) is 10.5. The van der Waals surface area contributed by atoms with Crippen molar-refractivity contribution in [1.82, 2.24) is 19.7 Å². The lowest BCUT2D eigenvalue weighted by Gasteiger charge is -2.34. The molecule has 0 aliphatic carbocycles. The van der Waals surface area contributed by atoms with E-state index < -0.39 is 0 Å². The quantitative estimate of drug-likeness (QED) is 0.778. The van der Waals surface area contributed by atoms with E-state index in [1.165, 1.54) is 11.1 Å². The molecule has 154 valence electrons. The van der Waals surface area contributed by atoms with Crippen LogP contribution in [0, 0.1) is 6.92 Å². The number of pyridine rings is 1. The van der Waals surface area contributed by atoms with E-state index in [0.29, 0.717) is 0 Å². The minimum atomic E-state index is 0.136. The van der Waals surface area contributed by atoms with Crippen molar-refractivity contribution in [2.24, 2.45) is 0 Å². The Morgan fingerprint density at radius 1 is 0.931 bits per heavy atom. The molecule has 1 aromatic heterocycles. The number of aromatic nitrogens is 1. The number of morpholine rings is 1. The van der Waals surface area contributed by atoms with Crippen molar-refractivity contribution in [3.05, 3.63) is 65.0 Å². The first-order valence-electron chi connectivity index (χ1n) is 10.5. The molecule has 0 radical (unpaired) electrons. The van der Waals surface area contributed by atoms with E-state index in [1.807, 2.05) is 29.3 Å². The van der Waals surface area contributed by atoms with Crippen LogP contribution < -0.4 is 0 Å². The molecule has 2 aliphatic rings. The van der Waals surface area contributed by atoms with Gasteiger partial charge in [-0.2, -0.15) is 0 Å². The normalized spacial score (nSPS) is 18.7. The zero-order valence-corrected chi connectivity index (χ0v) is 17.2. The predicted molar refractivity (Wildman–Crippen MR) is 113 cm³/mol. The van der Waals surface area contributed by atoms with E-state index in [1.54, 1.807) is 0 Å². The van der Waals surface area contributed by atoms with Gasteiger partial charge in [0.1, 0.15) is 0 Å². The molecule has 1 aromatic carbocycles. The Balaban J connectivity index is 1.28. The monoisotopic (exact) mass is 394 g/mol. The molecule has 2 saturated heterocycles. The van der Waals surface area contributed by atoms with Crippen molar-refractivity contribution in [1.29, 1.82) is 0 Å². The predicted octanol–water partition coefficient (Wildman–Crippen LogP) is 2.18. The number of amides is 1. The number of hydrogen-bond donors (Lipinski definition) is 0. The highest BCUT2D eigenvalue weighted by atomic mass is 16.5. The number of benzene rings is 1. The summed E-state index contributed by atoms with van der Waals surface area (Å²) in [7, 11) is 0. The average molecular weight is 395 g/mol. The van der Waals surface area contributed by atoms with Crippen molar-refractivity contribution < 1.29 is 9.53 Å². The van der Waals surface area contributed by atoms with Crippen molar-refractivity contribution in [3.8, 4) is 0 Å². The van der Waals surface area contributed by atoms with Crippen LogP contribution in [0.4, 0.5) is 0 Å². The van der Waals surface area contributed by atoms with E-state index in [9.17, 15) is 4.79 Å². The maximum Gasteiger partial charge on any atom is 0.253 e. The van der Waals surface area contributed by atoms with Crippen LogP contribution in [0.1, 0.15) is 27.2 Å². The summed E-state index contributed by atoms with van der Waals surface area (Å²) in [5.74, 6) is 0.136. The standard InChI is InChI=1S/C23H30N4O2/c1-19-3-2-8-24-22(19)18-25-9-11-27(12-10-25)23(28)21-6-4-20(5-7-21)17-26-13-15-29-16-14-26/h2-8H,9-18H2,1H3. The van der Waals surface area contributed by atoms with Gasteiger partial charge in [0.25, 0.3) is 5.91 Å². The molecule has 0 saturated carbocycles. The largest absolute Gasteiger partial charge is 0.379 e. The molecular formula is C23H30N4O2. The number of piperazine rings is 1. The molecule has 0 bridgehead atoms. The number of carbonyl (C=O) groups excluding carboxylic acids is 1. The second-order valence-corrected chi connectivity index (χ2v) is 7.92. The van der Waals surface area contributed by atoms with Crippen LogP contribution in [-0.2, 0) is 17.8 Å². The third-order valence-corrected chi connectivity index (χ3v) is 5.86. The lowest BCUT2D eigenvalue weighted by molar-refractivity contribution is 0.0342. The molecule has 0 unspecified atom stereocenters. The Hall–Kier alpha value is -2.28. The van der Waals surface area contributed by atoms with Gasteiger partial charge < -0.3 is 9.64 Å². The molecule has 0 atom stereocenters. The van der Waals surface area contributed by atoms with E-state index >= 15 is 0 Å². The molecule has 4 rings (SSSR count). The van der Waals surface area contributed by atoms with Gasteiger partial charge in [0, 0.05) is 64.1 Å². The smallest absolute Gasteiger partial charge is 0.253 e. The van der Waals surface area contributed by atoms with Crippen molar-refractivity contribution >= 4 is 5.91 Å². The van der Waals surface area contributed by atoms with Crippen LogP contribution in [-0.4, -0.2) is 78.1 Å². The highest BCUT2D eigenvalue weighted by molar-refractivity contribution is 5.94. The summed E-state index contributed by atoms with van der Waals surface area (Å²) < 4.78 is 5.40. The number of hydrogen-bond acceptors (Lipinski definition) is 5. The SMILES string of the molecule is Cc1cccnc1CN1CCN(C(=O)c2ccc(CN3CCOCC3)cc2)CC1. The lowest BCUT2D eigenvalue weighted by Crippen LogP contribution is -2.48. The number of carbonyl (C=O) groups is 1. The Morgan fingerprint density at radius 2 is 1.62 bits per heavy atom. The highest BCUT2D eigenvalue weighted by Gasteiger charge is 2.22. The summed E-state index contributed by atoms with van der Waals surface area (Å²) >= 11 is 0. The van der Waals surface area contributed by atoms with Gasteiger partial charge in [0.2, 0.25) is 0 Å². The summed E-state index contributed by atoms with van der Waals surface area (Å²) in [6.45, 7) is 10.7. The minimum Gasteiger partial charge on any atom is -0.379 e. The zero-order chi connectivity index (χ0) is 20.1. The molecular weight excluding hydrogens is 364 g/mol. The van der Waals surface area contributed by atoms with Crippen molar-refractivity contribution in [2.45, 2.75) is 20.0 Å². The van der Waals surface area contributed by atoms with Gasteiger partial charge in [-0.1, -0.05) is 18.2 Å². The maximum atomic E-state index is 12.9. The fourth-order valence-corrected chi connectivity index (χ4v) is 3.96. The number of aryl methyl sites for hydroxylation is 1. The van der Waals surface area contributed by atoms with Gasteiger partial charge in [-0.3, -0.25) is 19.6 Å². The summed E-state index contributed by atoms with van der Waals surface area (Å²) in [6.07, 6.45) is 1.85. The highest BCUT2D eigenvalue weighted by Crippen LogP contribution is 2.14. The number of ether oxygens (including phenoxy) is 1. The second kappa shape index (κ2) is 9.48. The first-order chi connectivity index (χ1) is 14.2. The fourth-order valence-electron chi connectivity index (χ4n) is 3.96. The van der Waals surface area contributed by atoms with Gasteiger partial charge in [-0.15, -0.1) is 0 Å². The van der Waals surface area contributed by atoms with Gasteiger partial charge >= 0.3 is 0 Å². The Bertz CT molecular complexity index is 810. The van der Waals surface area contributed by atoms with E-state index in [-0.39, 0.29) is 5.91 Å².